The van der Waals surface area contributed by atoms with Crippen molar-refractivity contribution < 1.29 is 18.7 Å². The van der Waals surface area contributed by atoms with Crippen LogP contribution in [-0.2, 0) is 16.0 Å². The molecule has 5 nitrogen and oxygen atoms in total. The first-order chi connectivity index (χ1) is 13.0. The van der Waals surface area contributed by atoms with Crippen LogP contribution in [0.15, 0.2) is 42.5 Å². The molecule has 1 aliphatic rings. The third-order valence-corrected chi connectivity index (χ3v) is 4.77. The third kappa shape index (κ3) is 4.27. The Hall–Kier alpha value is -2.89. The van der Waals surface area contributed by atoms with Crippen LogP contribution in [-0.4, -0.2) is 32.0 Å². The molecule has 3 rings (SSSR count). The van der Waals surface area contributed by atoms with Gasteiger partial charge in [0.05, 0.1) is 18.7 Å². The van der Waals surface area contributed by atoms with E-state index in [4.69, 9.17) is 4.74 Å². The summed E-state index contributed by atoms with van der Waals surface area (Å²) in [7, 11) is 1.56. The van der Waals surface area contributed by atoms with E-state index in [2.05, 4.69) is 5.32 Å². The maximum atomic E-state index is 13.6. The molecular formula is C21H23FN2O3. The van der Waals surface area contributed by atoms with E-state index in [0.717, 1.165) is 5.56 Å². The Morgan fingerprint density at radius 3 is 2.81 bits per heavy atom. The zero-order valence-electron chi connectivity index (χ0n) is 15.5. The summed E-state index contributed by atoms with van der Waals surface area (Å²) in [6.45, 7) is 2.58. The SMILES string of the molecule is COc1ccc(C)cc1N1CC(C(=O)NCCc2ccccc2F)CC1=O. The van der Waals surface area contributed by atoms with Gasteiger partial charge in [-0.05, 0) is 42.7 Å². The van der Waals surface area contributed by atoms with E-state index >= 15 is 0 Å². The zero-order valence-corrected chi connectivity index (χ0v) is 15.5. The van der Waals surface area contributed by atoms with Gasteiger partial charge in [-0.25, -0.2) is 4.39 Å². The lowest BCUT2D eigenvalue weighted by Crippen LogP contribution is -2.34. The second-order valence-electron chi connectivity index (χ2n) is 6.71. The average molecular weight is 370 g/mol. The number of methoxy groups -OCH3 is 1. The molecule has 1 heterocycles. The van der Waals surface area contributed by atoms with Crippen molar-refractivity contribution in [2.45, 2.75) is 19.8 Å². The highest BCUT2D eigenvalue weighted by Gasteiger charge is 2.36. The Morgan fingerprint density at radius 1 is 1.30 bits per heavy atom. The molecule has 1 fully saturated rings. The average Bonchev–Trinajstić information content (AvgIpc) is 3.05. The smallest absolute Gasteiger partial charge is 0.227 e. The third-order valence-electron chi connectivity index (χ3n) is 4.77. The number of amides is 2. The molecule has 1 aliphatic heterocycles. The van der Waals surface area contributed by atoms with Gasteiger partial charge in [-0.1, -0.05) is 24.3 Å². The Kier molecular flexibility index (Phi) is 5.74. The molecule has 142 valence electrons. The molecule has 1 atom stereocenters. The molecule has 0 radical (unpaired) electrons. The van der Waals surface area contributed by atoms with Crippen LogP contribution < -0.4 is 15.0 Å². The number of halogens is 1. The van der Waals surface area contributed by atoms with Gasteiger partial charge in [0.1, 0.15) is 11.6 Å². The fourth-order valence-electron chi connectivity index (χ4n) is 3.29. The summed E-state index contributed by atoms with van der Waals surface area (Å²) in [5.74, 6) is -0.389. The normalized spacial score (nSPS) is 16.5. The predicted molar refractivity (Wildman–Crippen MR) is 101 cm³/mol. The van der Waals surface area contributed by atoms with Gasteiger partial charge < -0.3 is 15.0 Å². The van der Waals surface area contributed by atoms with Gasteiger partial charge in [0.2, 0.25) is 11.8 Å². The number of rotatable bonds is 6. The number of nitrogens with zero attached hydrogens (tertiary/aromatic N) is 1. The molecule has 0 aliphatic carbocycles. The molecule has 27 heavy (non-hydrogen) atoms. The lowest BCUT2D eigenvalue weighted by Gasteiger charge is -2.20. The fourth-order valence-corrected chi connectivity index (χ4v) is 3.29. The number of ether oxygens (including phenoxy) is 1. The molecule has 0 saturated carbocycles. The number of carbonyl (C=O) groups excluding carboxylic acids is 2. The lowest BCUT2D eigenvalue weighted by molar-refractivity contribution is -0.126. The summed E-state index contributed by atoms with van der Waals surface area (Å²) < 4.78 is 19.0. The molecule has 2 aromatic carbocycles. The summed E-state index contributed by atoms with van der Waals surface area (Å²) in [5, 5.41) is 2.82. The summed E-state index contributed by atoms with van der Waals surface area (Å²) in [5.41, 5.74) is 2.26. The molecule has 0 aromatic heterocycles. The molecule has 1 N–H and O–H groups in total. The Morgan fingerprint density at radius 2 is 2.07 bits per heavy atom. The van der Waals surface area contributed by atoms with Crippen LogP contribution in [0.3, 0.4) is 0 Å². The van der Waals surface area contributed by atoms with Crippen LogP contribution >= 0.6 is 0 Å². The van der Waals surface area contributed by atoms with E-state index in [1.54, 1.807) is 30.2 Å². The van der Waals surface area contributed by atoms with Crippen molar-refractivity contribution in [3.05, 3.63) is 59.4 Å². The van der Waals surface area contributed by atoms with Crippen molar-refractivity contribution in [2.75, 3.05) is 25.1 Å². The minimum atomic E-state index is -0.427. The highest BCUT2D eigenvalue weighted by molar-refractivity contribution is 6.01. The van der Waals surface area contributed by atoms with E-state index in [1.165, 1.54) is 6.07 Å². The molecule has 6 heteroatoms. The lowest BCUT2D eigenvalue weighted by atomic mass is 10.1. The van der Waals surface area contributed by atoms with Gasteiger partial charge in [-0.2, -0.15) is 0 Å². The Balaban J connectivity index is 1.61. The molecule has 0 bridgehead atoms. The van der Waals surface area contributed by atoms with Crippen LogP contribution in [0.5, 0.6) is 5.75 Å². The van der Waals surface area contributed by atoms with Crippen LogP contribution in [0.2, 0.25) is 0 Å². The highest BCUT2D eigenvalue weighted by atomic mass is 19.1. The number of hydrogen-bond acceptors (Lipinski definition) is 3. The zero-order chi connectivity index (χ0) is 19.4. The van der Waals surface area contributed by atoms with Crippen molar-refractivity contribution in [3.8, 4) is 5.75 Å². The Bertz CT molecular complexity index is 853. The van der Waals surface area contributed by atoms with E-state index in [0.29, 0.717) is 36.5 Å². The van der Waals surface area contributed by atoms with E-state index < -0.39 is 5.92 Å². The van der Waals surface area contributed by atoms with Gasteiger partial charge in [-0.15, -0.1) is 0 Å². The number of anilines is 1. The molecule has 1 unspecified atom stereocenters. The first kappa shape index (κ1) is 18.9. The predicted octanol–water partition coefficient (Wildman–Crippen LogP) is 2.85. The molecule has 0 spiro atoms. The Labute approximate surface area is 158 Å². The van der Waals surface area contributed by atoms with Crippen LogP contribution in [0.1, 0.15) is 17.5 Å². The van der Waals surface area contributed by atoms with Gasteiger partial charge in [-0.3, -0.25) is 9.59 Å². The highest BCUT2D eigenvalue weighted by Crippen LogP contribution is 2.33. The van der Waals surface area contributed by atoms with Gasteiger partial charge in [0, 0.05) is 19.5 Å². The van der Waals surface area contributed by atoms with Gasteiger partial charge in [0.15, 0.2) is 0 Å². The largest absolute Gasteiger partial charge is 0.495 e. The minimum absolute atomic E-state index is 0.104. The van der Waals surface area contributed by atoms with E-state index in [1.807, 2.05) is 25.1 Å². The fraction of sp³-hybridized carbons (Fsp3) is 0.333. The second-order valence-corrected chi connectivity index (χ2v) is 6.71. The number of aryl methyl sites for hydroxylation is 1. The molecule has 2 aromatic rings. The quantitative estimate of drug-likeness (QED) is 0.851. The van der Waals surface area contributed by atoms with E-state index in [-0.39, 0.29) is 24.1 Å². The maximum Gasteiger partial charge on any atom is 0.227 e. The second kappa shape index (κ2) is 8.20. The standard InChI is InChI=1S/C21H23FN2O3/c1-14-7-8-19(27-2)18(11-14)24-13-16(12-20(24)25)21(26)23-10-9-15-5-3-4-6-17(15)22/h3-8,11,16H,9-10,12-13H2,1-2H3,(H,23,26). The van der Waals surface area contributed by atoms with Crippen molar-refractivity contribution in [1.29, 1.82) is 0 Å². The van der Waals surface area contributed by atoms with Crippen molar-refractivity contribution in [2.24, 2.45) is 5.92 Å². The minimum Gasteiger partial charge on any atom is -0.495 e. The van der Waals surface area contributed by atoms with Crippen LogP contribution in [0.25, 0.3) is 0 Å². The van der Waals surface area contributed by atoms with Crippen LogP contribution in [0.4, 0.5) is 10.1 Å². The summed E-state index contributed by atoms with van der Waals surface area (Å²) in [6, 6.07) is 12.1. The first-order valence-corrected chi connectivity index (χ1v) is 8.95. The number of benzene rings is 2. The number of hydrogen-bond donors (Lipinski definition) is 1. The van der Waals surface area contributed by atoms with Crippen LogP contribution in [0, 0.1) is 18.7 Å². The molecular weight excluding hydrogens is 347 g/mol. The van der Waals surface area contributed by atoms with Crippen molar-refractivity contribution in [1.82, 2.24) is 5.32 Å². The van der Waals surface area contributed by atoms with Crippen molar-refractivity contribution >= 4 is 17.5 Å². The van der Waals surface area contributed by atoms with Gasteiger partial charge >= 0.3 is 0 Å². The molecule has 2 amide bonds. The molecule has 1 saturated heterocycles. The number of carbonyl (C=O) groups is 2. The van der Waals surface area contributed by atoms with Crippen molar-refractivity contribution in [3.63, 3.8) is 0 Å². The summed E-state index contributed by atoms with van der Waals surface area (Å²) >= 11 is 0. The van der Waals surface area contributed by atoms with E-state index in [9.17, 15) is 14.0 Å². The number of nitrogens with one attached hydrogen (secondary N) is 1. The van der Waals surface area contributed by atoms with Gasteiger partial charge in [0.25, 0.3) is 0 Å². The first-order valence-electron chi connectivity index (χ1n) is 8.95. The monoisotopic (exact) mass is 370 g/mol. The topological polar surface area (TPSA) is 58.6 Å². The summed E-state index contributed by atoms with van der Waals surface area (Å²) in [4.78, 5) is 26.5. The maximum absolute atomic E-state index is 13.6. The summed E-state index contributed by atoms with van der Waals surface area (Å²) in [6.07, 6.45) is 0.567.